The van der Waals surface area contributed by atoms with E-state index in [2.05, 4.69) is 47.4 Å². The number of aliphatic hydroxyl groups is 3. The topological polar surface area (TPSA) is 384 Å². The summed E-state index contributed by atoms with van der Waals surface area (Å²) in [6.07, 6.45) is 7.09. The maximum Gasteiger partial charge on any atom is 0.481 e. The highest BCUT2D eigenvalue weighted by molar-refractivity contribution is 8.13. The fraction of sp³-hybridized carbons (Fsp3) is 0.600. The number of hydrogen-bond donors (Lipinski definition) is 10. The highest BCUT2D eigenvalue weighted by Gasteiger charge is 2.50. The van der Waals surface area contributed by atoms with Crippen LogP contribution in [0.5, 0.6) is 0 Å². The lowest BCUT2D eigenvalue weighted by Gasteiger charge is -2.30. The smallest absolute Gasteiger partial charge is 0.389 e. The number of fused-ring (bicyclic) bond motifs is 1. The number of carbonyl (C=O) groups is 3. The highest BCUT2D eigenvalue weighted by atomic mass is 32.2. The van der Waals surface area contributed by atoms with Crippen LogP contribution in [-0.2, 0) is 50.7 Å². The molecule has 1 saturated heterocycles. The Hall–Kier alpha value is -3.26. The maximum absolute atomic E-state index is 12.7. The number of phosphoric ester groups is 3. The van der Waals surface area contributed by atoms with E-state index in [4.69, 9.17) is 19.5 Å². The van der Waals surface area contributed by atoms with E-state index < -0.39 is 90.7 Å². The van der Waals surface area contributed by atoms with E-state index in [1.54, 1.807) is 12.2 Å². The molecule has 25 nitrogen and oxygen atoms in total. The van der Waals surface area contributed by atoms with E-state index in [1.165, 1.54) is 26.3 Å². The molecule has 2 aromatic heterocycles. The molecule has 360 valence electrons. The number of anilines is 1. The zero-order valence-electron chi connectivity index (χ0n) is 35.1. The molecule has 2 aromatic rings. The Morgan fingerprint density at radius 1 is 1.00 bits per heavy atom. The van der Waals surface area contributed by atoms with Gasteiger partial charge in [-0.15, -0.1) is 0 Å². The lowest BCUT2D eigenvalue weighted by atomic mass is 9.87. The number of rotatable bonds is 28. The molecular formula is C35H56N7O18P3S. The van der Waals surface area contributed by atoms with Gasteiger partial charge in [0.25, 0.3) is 0 Å². The van der Waals surface area contributed by atoms with Crippen molar-refractivity contribution in [2.45, 2.75) is 96.0 Å². The summed E-state index contributed by atoms with van der Waals surface area (Å²) in [6.45, 7) is 2.45. The second kappa shape index (κ2) is 25.6. The van der Waals surface area contributed by atoms with Crippen LogP contribution < -0.4 is 16.4 Å². The number of hydrogen-bond acceptors (Lipinski definition) is 19. The number of nitrogen functional groups attached to an aromatic ring is 1. The molecule has 2 amide bonds. The molecule has 0 saturated carbocycles. The molecule has 0 aliphatic carbocycles. The van der Waals surface area contributed by atoms with E-state index >= 15 is 0 Å². The molecule has 0 aromatic carbocycles. The lowest BCUT2D eigenvalue weighted by molar-refractivity contribution is -0.137. The zero-order chi connectivity index (χ0) is 47.7. The Balaban J connectivity index is 1.39. The van der Waals surface area contributed by atoms with Gasteiger partial charge in [-0.25, -0.2) is 28.6 Å². The molecule has 1 fully saturated rings. The number of nitrogens with two attached hydrogens (primary N) is 1. The maximum atomic E-state index is 12.7. The first kappa shape index (κ1) is 55.1. The number of imidazole rings is 1. The van der Waals surface area contributed by atoms with Crippen LogP contribution in [0.4, 0.5) is 5.82 Å². The van der Waals surface area contributed by atoms with Gasteiger partial charge in [-0.1, -0.05) is 81.8 Å². The van der Waals surface area contributed by atoms with Gasteiger partial charge in [-0.3, -0.25) is 32.5 Å². The Labute approximate surface area is 372 Å². The molecule has 0 radical (unpaired) electrons. The van der Waals surface area contributed by atoms with Gasteiger partial charge in [0.15, 0.2) is 22.8 Å². The highest BCUT2D eigenvalue weighted by Crippen LogP contribution is 2.61. The number of nitrogens with one attached hydrogen (secondary N) is 2. The summed E-state index contributed by atoms with van der Waals surface area (Å²) in [5.41, 5.74) is 4.23. The quantitative estimate of drug-likeness (QED) is 0.0329. The molecule has 64 heavy (non-hydrogen) atoms. The van der Waals surface area contributed by atoms with Gasteiger partial charge in [0, 0.05) is 37.1 Å². The lowest BCUT2D eigenvalue weighted by Crippen LogP contribution is -2.46. The van der Waals surface area contributed by atoms with Gasteiger partial charge in [0.1, 0.15) is 36.3 Å². The fourth-order valence-electron chi connectivity index (χ4n) is 5.60. The van der Waals surface area contributed by atoms with E-state index in [0.717, 1.165) is 48.2 Å². The van der Waals surface area contributed by atoms with Crippen molar-refractivity contribution in [1.82, 2.24) is 30.2 Å². The zero-order valence-corrected chi connectivity index (χ0v) is 38.6. The van der Waals surface area contributed by atoms with Crippen LogP contribution in [-0.4, -0.2) is 134 Å². The standard InChI is InChI=1S/C35H56N7O18P3S/c1-4-5-6-7-8-9-10-11-12-13-23(43)18-26(45)64-17-16-37-25(44)14-15-38-33(48)30(47)35(2,3)20-57-63(54,55)60-62(52,53)56-19-24-29(59-61(49,50)51)28(46)34(58-24)42-22-41-27-31(36)39-21-40-32(27)42/h8-13,21-24,28-30,34,43,46-47H,4-7,14-20H2,1-3H3,(H,37,44)(H,38,48)(H,52,53)(H,54,55)(H2,36,39,40)(H2,49,50,51)/b9-8+,11-10+,13-12+. The average molecular weight is 988 g/mol. The molecule has 29 heteroatoms. The van der Waals surface area contributed by atoms with Crippen molar-refractivity contribution in [1.29, 1.82) is 0 Å². The summed E-state index contributed by atoms with van der Waals surface area (Å²) in [5.74, 6) is -1.31. The second-order valence-corrected chi connectivity index (χ2v) is 20.1. The number of phosphoric acid groups is 3. The largest absolute Gasteiger partial charge is 0.481 e. The number of nitrogens with zero attached hydrogens (tertiary/aromatic N) is 4. The van der Waals surface area contributed by atoms with E-state index in [1.807, 2.05) is 12.2 Å². The van der Waals surface area contributed by atoms with E-state index in [-0.39, 0.29) is 53.8 Å². The van der Waals surface area contributed by atoms with Crippen LogP contribution in [0, 0.1) is 5.41 Å². The van der Waals surface area contributed by atoms with Crippen LogP contribution in [0.15, 0.2) is 49.1 Å². The predicted octanol–water partition coefficient (Wildman–Crippen LogP) is 1.66. The number of allylic oxidation sites excluding steroid dienone is 5. The normalized spacial score (nSPS) is 21.3. The molecule has 8 unspecified atom stereocenters. The van der Waals surface area contributed by atoms with Gasteiger partial charge in [0.05, 0.1) is 25.6 Å². The minimum absolute atomic E-state index is 0.0243. The summed E-state index contributed by atoms with van der Waals surface area (Å²) in [4.78, 5) is 88.1. The van der Waals surface area contributed by atoms with Crippen LogP contribution in [0.1, 0.15) is 65.5 Å². The van der Waals surface area contributed by atoms with E-state index in [9.17, 15) is 63.0 Å². The number of aromatic nitrogens is 4. The molecule has 1 aliphatic rings. The first-order valence-corrected chi connectivity index (χ1v) is 25.2. The number of thioether (sulfide) groups is 1. The predicted molar refractivity (Wildman–Crippen MR) is 229 cm³/mol. The Bertz CT molecular complexity index is 2100. The van der Waals surface area contributed by atoms with Crippen molar-refractivity contribution < 1.29 is 85.6 Å². The molecule has 0 spiro atoms. The van der Waals surface area contributed by atoms with Crippen molar-refractivity contribution in [3.05, 3.63) is 49.1 Å². The number of amides is 2. The van der Waals surface area contributed by atoms with Crippen molar-refractivity contribution in [2.24, 2.45) is 5.41 Å². The molecule has 1 aliphatic heterocycles. The van der Waals surface area contributed by atoms with Crippen molar-refractivity contribution in [3.8, 4) is 0 Å². The van der Waals surface area contributed by atoms with Crippen molar-refractivity contribution in [2.75, 3.05) is 37.8 Å². The number of carbonyl (C=O) groups excluding carboxylic acids is 3. The fourth-order valence-corrected chi connectivity index (χ4v) is 9.15. The van der Waals surface area contributed by atoms with Crippen molar-refractivity contribution in [3.63, 3.8) is 0 Å². The molecule has 8 atom stereocenters. The minimum atomic E-state index is -5.59. The average Bonchev–Trinajstić information content (AvgIpc) is 3.76. The summed E-state index contributed by atoms with van der Waals surface area (Å²) >= 11 is 0.932. The summed E-state index contributed by atoms with van der Waals surface area (Å²) < 4.78 is 62.3. The Morgan fingerprint density at radius 2 is 1.70 bits per heavy atom. The van der Waals surface area contributed by atoms with Gasteiger partial charge in [-0.05, 0) is 12.8 Å². The van der Waals surface area contributed by atoms with Gasteiger partial charge >= 0.3 is 23.5 Å². The minimum Gasteiger partial charge on any atom is -0.389 e. The number of aliphatic hydroxyl groups excluding tert-OH is 3. The third kappa shape index (κ3) is 18.9. The number of unbranched alkanes of at least 4 members (excludes halogenated alkanes) is 3. The molecule has 3 rings (SSSR count). The van der Waals surface area contributed by atoms with E-state index in [0.29, 0.717) is 0 Å². The van der Waals surface area contributed by atoms with Crippen LogP contribution in [0.25, 0.3) is 11.2 Å². The number of ether oxygens (including phenoxy) is 1. The third-order valence-electron chi connectivity index (χ3n) is 8.92. The Morgan fingerprint density at radius 3 is 2.41 bits per heavy atom. The first-order chi connectivity index (χ1) is 29.9. The first-order valence-electron chi connectivity index (χ1n) is 19.7. The third-order valence-corrected chi connectivity index (χ3v) is 12.9. The van der Waals surface area contributed by atoms with Crippen molar-refractivity contribution >= 4 is 69.1 Å². The summed E-state index contributed by atoms with van der Waals surface area (Å²) in [5, 5.41) is 36.2. The summed E-state index contributed by atoms with van der Waals surface area (Å²) in [7, 11) is -16.4. The monoisotopic (exact) mass is 987 g/mol. The molecule has 11 N–H and O–H groups in total. The second-order valence-electron chi connectivity index (χ2n) is 14.8. The SMILES string of the molecule is CCCCC/C=C/C=C/C=C/C(O)CC(=O)SCCNC(=O)CCNC(=O)C(O)C(C)(C)COP(=O)(O)OP(=O)(O)OCC1OC(n2cnc3c(N)ncnc32)C(O)C1OP(=O)(O)O. The van der Waals surface area contributed by atoms with Crippen LogP contribution >= 0.6 is 35.2 Å². The van der Waals surface area contributed by atoms with Gasteiger partial charge < -0.3 is 56.0 Å². The van der Waals surface area contributed by atoms with Crippen LogP contribution in [0.3, 0.4) is 0 Å². The molecule has 0 bridgehead atoms. The molecular weight excluding hydrogens is 931 g/mol. The Kier molecular flexibility index (Phi) is 22.0. The molecule has 3 heterocycles. The van der Waals surface area contributed by atoms with Crippen LogP contribution in [0.2, 0.25) is 0 Å². The van der Waals surface area contributed by atoms with Gasteiger partial charge in [0.2, 0.25) is 11.8 Å². The summed E-state index contributed by atoms with van der Waals surface area (Å²) in [6, 6.07) is 0. The van der Waals surface area contributed by atoms with Gasteiger partial charge in [-0.2, -0.15) is 4.31 Å².